The van der Waals surface area contributed by atoms with Crippen molar-refractivity contribution in [1.82, 2.24) is 9.88 Å². The SMILES string of the molecule is CNC(=O)CCCn1ccc2cc(C)ccc21. The number of nitrogens with zero attached hydrogens (tertiary/aromatic N) is 1. The lowest BCUT2D eigenvalue weighted by Gasteiger charge is -2.05. The van der Waals surface area contributed by atoms with Gasteiger partial charge in [-0.25, -0.2) is 0 Å². The van der Waals surface area contributed by atoms with Crippen LogP contribution < -0.4 is 5.32 Å². The Morgan fingerprint density at radius 3 is 2.94 bits per heavy atom. The molecule has 0 atom stereocenters. The van der Waals surface area contributed by atoms with Gasteiger partial charge in [-0.2, -0.15) is 0 Å². The first-order valence-electron chi connectivity index (χ1n) is 5.97. The predicted octanol–water partition coefficient (Wildman–Crippen LogP) is 2.48. The third-order valence-electron chi connectivity index (χ3n) is 3.01. The van der Waals surface area contributed by atoms with Crippen LogP contribution in [0.3, 0.4) is 0 Å². The van der Waals surface area contributed by atoms with E-state index >= 15 is 0 Å². The van der Waals surface area contributed by atoms with Gasteiger partial charge in [0.1, 0.15) is 0 Å². The van der Waals surface area contributed by atoms with E-state index in [9.17, 15) is 4.79 Å². The van der Waals surface area contributed by atoms with E-state index in [-0.39, 0.29) is 5.91 Å². The molecular formula is C14H18N2O. The van der Waals surface area contributed by atoms with Crippen molar-refractivity contribution < 1.29 is 4.79 Å². The van der Waals surface area contributed by atoms with Gasteiger partial charge in [-0.15, -0.1) is 0 Å². The molecule has 3 nitrogen and oxygen atoms in total. The zero-order chi connectivity index (χ0) is 12.3. The maximum atomic E-state index is 11.1. The lowest BCUT2D eigenvalue weighted by molar-refractivity contribution is -0.120. The number of amides is 1. The van der Waals surface area contributed by atoms with E-state index in [0.717, 1.165) is 13.0 Å². The average molecular weight is 230 g/mol. The second kappa shape index (κ2) is 5.04. The van der Waals surface area contributed by atoms with Gasteiger partial charge >= 0.3 is 0 Å². The molecule has 0 radical (unpaired) electrons. The van der Waals surface area contributed by atoms with Gasteiger partial charge in [-0.05, 0) is 36.9 Å². The maximum Gasteiger partial charge on any atom is 0.219 e. The molecule has 1 heterocycles. The topological polar surface area (TPSA) is 34.0 Å². The van der Waals surface area contributed by atoms with Gasteiger partial charge in [0.25, 0.3) is 0 Å². The van der Waals surface area contributed by atoms with Gasteiger partial charge in [0.15, 0.2) is 0 Å². The molecule has 2 aromatic rings. The minimum Gasteiger partial charge on any atom is -0.359 e. The number of nitrogens with one attached hydrogen (secondary N) is 1. The summed E-state index contributed by atoms with van der Waals surface area (Å²) in [5, 5.41) is 3.91. The van der Waals surface area contributed by atoms with Crippen molar-refractivity contribution in [2.75, 3.05) is 7.05 Å². The highest BCUT2D eigenvalue weighted by molar-refractivity contribution is 5.80. The van der Waals surface area contributed by atoms with Gasteiger partial charge in [-0.3, -0.25) is 4.79 Å². The van der Waals surface area contributed by atoms with E-state index < -0.39 is 0 Å². The molecule has 3 heteroatoms. The molecule has 0 spiro atoms. The fraction of sp³-hybridized carbons (Fsp3) is 0.357. The summed E-state index contributed by atoms with van der Waals surface area (Å²) >= 11 is 0. The number of fused-ring (bicyclic) bond motifs is 1. The van der Waals surface area contributed by atoms with Crippen LogP contribution in [0.2, 0.25) is 0 Å². The lowest BCUT2D eigenvalue weighted by Crippen LogP contribution is -2.17. The van der Waals surface area contributed by atoms with Gasteiger partial charge in [0.2, 0.25) is 5.91 Å². The first kappa shape index (κ1) is 11.7. The molecular weight excluding hydrogens is 212 g/mol. The van der Waals surface area contributed by atoms with E-state index in [2.05, 4.69) is 47.3 Å². The fourth-order valence-electron chi connectivity index (χ4n) is 2.05. The summed E-state index contributed by atoms with van der Waals surface area (Å²) in [6.45, 7) is 2.99. The molecule has 1 amide bonds. The average Bonchev–Trinajstić information content (AvgIpc) is 2.71. The van der Waals surface area contributed by atoms with Crippen molar-refractivity contribution in [1.29, 1.82) is 0 Å². The highest BCUT2D eigenvalue weighted by Gasteiger charge is 2.02. The number of aryl methyl sites for hydroxylation is 2. The lowest BCUT2D eigenvalue weighted by atomic mass is 10.2. The molecule has 1 N–H and O–H groups in total. The van der Waals surface area contributed by atoms with Gasteiger partial charge in [0, 0.05) is 31.7 Å². The molecule has 90 valence electrons. The van der Waals surface area contributed by atoms with E-state index in [1.54, 1.807) is 7.05 Å². The number of carbonyl (C=O) groups is 1. The van der Waals surface area contributed by atoms with Crippen LogP contribution >= 0.6 is 0 Å². The molecule has 1 aromatic carbocycles. The van der Waals surface area contributed by atoms with Crippen LogP contribution in [0.5, 0.6) is 0 Å². The van der Waals surface area contributed by atoms with Crippen LogP contribution in [0.1, 0.15) is 18.4 Å². The fourth-order valence-corrected chi connectivity index (χ4v) is 2.05. The third-order valence-corrected chi connectivity index (χ3v) is 3.01. The van der Waals surface area contributed by atoms with Crippen molar-refractivity contribution in [3.05, 3.63) is 36.0 Å². The summed E-state index contributed by atoms with van der Waals surface area (Å²) in [5.74, 6) is 0.109. The van der Waals surface area contributed by atoms with Crippen molar-refractivity contribution in [2.24, 2.45) is 0 Å². The molecule has 0 saturated carbocycles. The number of rotatable bonds is 4. The number of hydrogen-bond donors (Lipinski definition) is 1. The molecule has 2 rings (SSSR count). The van der Waals surface area contributed by atoms with Crippen LogP contribution in [0.25, 0.3) is 10.9 Å². The second-order valence-electron chi connectivity index (χ2n) is 4.35. The van der Waals surface area contributed by atoms with Crippen molar-refractivity contribution >= 4 is 16.8 Å². The Kier molecular flexibility index (Phi) is 3.47. The number of benzene rings is 1. The van der Waals surface area contributed by atoms with Crippen LogP contribution in [0.15, 0.2) is 30.5 Å². The van der Waals surface area contributed by atoms with Crippen molar-refractivity contribution in [3.8, 4) is 0 Å². The molecule has 0 fully saturated rings. The monoisotopic (exact) mass is 230 g/mol. The summed E-state index contributed by atoms with van der Waals surface area (Å²) in [7, 11) is 1.68. The van der Waals surface area contributed by atoms with Gasteiger partial charge in [-0.1, -0.05) is 11.6 Å². The zero-order valence-corrected chi connectivity index (χ0v) is 10.4. The molecule has 0 aliphatic heterocycles. The van der Waals surface area contributed by atoms with Gasteiger partial charge in [0.05, 0.1) is 0 Å². The quantitative estimate of drug-likeness (QED) is 0.860. The number of carbonyl (C=O) groups excluding carboxylic acids is 1. The Balaban J connectivity index is 2.06. The number of hydrogen-bond acceptors (Lipinski definition) is 1. The maximum absolute atomic E-state index is 11.1. The summed E-state index contributed by atoms with van der Waals surface area (Å²) in [6.07, 6.45) is 3.55. The molecule has 0 unspecified atom stereocenters. The minimum absolute atomic E-state index is 0.109. The van der Waals surface area contributed by atoms with E-state index in [1.807, 2.05) is 0 Å². The van der Waals surface area contributed by atoms with E-state index in [4.69, 9.17) is 0 Å². The van der Waals surface area contributed by atoms with Gasteiger partial charge < -0.3 is 9.88 Å². The van der Waals surface area contributed by atoms with E-state index in [0.29, 0.717) is 6.42 Å². The van der Waals surface area contributed by atoms with Crippen LogP contribution in [0.4, 0.5) is 0 Å². The summed E-state index contributed by atoms with van der Waals surface area (Å²) < 4.78 is 2.21. The third kappa shape index (κ3) is 2.67. The van der Waals surface area contributed by atoms with Crippen LogP contribution in [-0.4, -0.2) is 17.5 Å². The highest BCUT2D eigenvalue weighted by Crippen LogP contribution is 2.17. The zero-order valence-electron chi connectivity index (χ0n) is 10.4. The van der Waals surface area contributed by atoms with Crippen LogP contribution in [-0.2, 0) is 11.3 Å². The first-order chi connectivity index (χ1) is 8.20. The molecule has 0 aliphatic carbocycles. The Labute approximate surface area is 101 Å². The number of aromatic nitrogens is 1. The minimum atomic E-state index is 0.109. The molecule has 0 aliphatic rings. The molecule has 0 bridgehead atoms. The summed E-state index contributed by atoms with van der Waals surface area (Å²) in [5.41, 5.74) is 2.52. The summed E-state index contributed by atoms with van der Waals surface area (Å²) in [6, 6.07) is 8.58. The van der Waals surface area contributed by atoms with Crippen LogP contribution in [0, 0.1) is 6.92 Å². The normalized spacial score (nSPS) is 10.7. The predicted molar refractivity (Wildman–Crippen MR) is 70.0 cm³/mol. The Morgan fingerprint density at radius 2 is 2.18 bits per heavy atom. The Morgan fingerprint density at radius 1 is 1.35 bits per heavy atom. The Hall–Kier alpha value is -1.77. The first-order valence-corrected chi connectivity index (χ1v) is 5.97. The van der Waals surface area contributed by atoms with E-state index in [1.165, 1.54) is 16.5 Å². The second-order valence-corrected chi connectivity index (χ2v) is 4.35. The molecule has 17 heavy (non-hydrogen) atoms. The van der Waals surface area contributed by atoms with Crippen molar-refractivity contribution in [2.45, 2.75) is 26.3 Å². The smallest absolute Gasteiger partial charge is 0.219 e. The Bertz CT molecular complexity index is 528. The van der Waals surface area contributed by atoms with Crippen molar-refractivity contribution in [3.63, 3.8) is 0 Å². The molecule has 0 saturated heterocycles. The standard InChI is InChI=1S/C14H18N2O/c1-11-5-6-13-12(10-11)7-9-16(13)8-3-4-14(17)15-2/h5-7,9-10H,3-4,8H2,1-2H3,(H,15,17). The molecule has 1 aromatic heterocycles. The largest absolute Gasteiger partial charge is 0.359 e. The summed E-state index contributed by atoms with van der Waals surface area (Å²) in [4.78, 5) is 11.1. The highest BCUT2D eigenvalue weighted by atomic mass is 16.1.